The Kier molecular flexibility index (Phi) is 6.86. The summed E-state index contributed by atoms with van der Waals surface area (Å²) in [7, 11) is 0. The van der Waals surface area contributed by atoms with E-state index in [1.807, 2.05) is 18.2 Å². The van der Waals surface area contributed by atoms with Crippen LogP contribution in [0.1, 0.15) is 25.0 Å². The molecule has 90 valence electrons. The molecule has 0 saturated heterocycles. The highest BCUT2D eigenvalue weighted by atomic mass is 32.2. The SMILES string of the molecule is [N-]=[N+]=NCCCCC(=O)SCc1ccccn1. The summed E-state index contributed by atoms with van der Waals surface area (Å²) in [4.78, 5) is 18.3. The monoisotopic (exact) mass is 250 g/mol. The zero-order valence-electron chi connectivity index (χ0n) is 9.45. The van der Waals surface area contributed by atoms with Crippen LogP contribution in [0.15, 0.2) is 29.5 Å². The molecule has 0 spiro atoms. The van der Waals surface area contributed by atoms with Crippen molar-refractivity contribution < 1.29 is 4.79 Å². The third-order valence-electron chi connectivity index (χ3n) is 2.06. The molecule has 0 aliphatic rings. The summed E-state index contributed by atoms with van der Waals surface area (Å²) in [6.07, 6.45) is 3.78. The zero-order valence-corrected chi connectivity index (χ0v) is 10.3. The summed E-state index contributed by atoms with van der Waals surface area (Å²) in [5.41, 5.74) is 8.98. The van der Waals surface area contributed by atoms with Crippen molar-refractivity contribution >= 4 is 16.9 Å². The average Bonchev–Trinajstić information content (AvgIpc) is 2.37. The summed E-state index contributed by atoms with van der Waals surface area (Å²) < 4.78 is 0. The van der Waals surface area contributed by atoms with Gasteiger partial charge in [0.25, 0.3) is 0 Å². The van der Waals surface area contributed by atoms with Gasteiger partial charge in [0.15, 0.2) is 5.12 Å². The van der Waals surface area contributed by atoms with Crippen molar-refractivity contribution in [2.75, 3.05) is 6.54 Å². The third kappa shape index (κ3) is 6.60. The van der Waals surface area contributed by atoms with Crippen molar-refractivity contribution in [3.05, 3.63) is 40.5 Å². The van der Waals surface area contributed by atoms with E-state index in [0.29, 0.717) is 18.7 Å². The molecule has 0 saturated carbocycles. The van der Waals surface area contributed by atoms with E-state index in [1.54, 1.807) is 6.20 Å². The lowest BCUT2D eigenvalue weighted by atomic mass is 10.2. The Morgan fingerprint density at radius 3 is 3.06 bits per heavy atom. The number of aromatic nitrogens is 1. The van der Waals surface area contributed by atoms with E-state index in [1.165, 1.54) is 11.8 Å². The Balaban J connectivity index is 2.11. The van der Waals surface area contributed by atoms with Crippen molar-refractivity contribution in [1.29, 1.82) is 0 Å². The molecule has 0 N–H and O–H groups in total. The molecule has 0 aromatic carbocycles. The van der Waals surface area contributed by atoms with Gasteiger partial charge >= 0.3 is 0 Å². The molecule has 5 nitrogen and oxygen atoms in total. The van der Waals surface area contributed by atoms with Crippen molar-refractivity contribution in [3.63, 3.8) is 0 Å². The summed E-state index contributed by atoms with van der Waals surface area (Å²) in [6.45, 7) is 0.467. The Labute approximate surface area is 104 Å². The van der Waals surface area contributed by atoms with Crippen LogP contribution < -0.4 is 0 Å². The molecule has 1 aromatic heterocycles. The summed E-state index contributed by atoms with van der Waals surface area (Å²) >= 11 is 1.29. The largest absolute Gasteiger partial charge is 0.287 e. The highest BCUT2D eigenvalue weighted by Crippen LogP contribution is 2.14. The second-order valence-electron chi connectivity index (χ2n) is 3.39. The van der Waals surface area contributed by atoms with Crippen LogP contribution in [0.4, 0.5) is 0 Å². The van der Waals surface area contributed by atoms with Gasteiger partial charge in [-0.05, 0) is 30.5 Å². The highest BCUT2D eigenvalue weighted by molar-refractivity contribution is 8.12. The quantitative estimate of drug-likeness (QED) is 0.322. The van der Waals surface area contributed by atoms with Gasteiger partial charge in [-0.2, -0.15) is 0 Å². The Morgan fingerprint density at radius 2 is 2.35 bits per heavy atom. The maximum atomic E-state index is 11.5. The van der Waals surface area contributed by atoms with Crippen molar-refractivity contribution in [1.82, 2.24) is 4.98 Å². The Morgan fingerprint density at radius 1 is 1.47 bits per heavy atom. The number of hydrogen-bond acceptors (Lipinski definition) is 4. The van der Waals surface area contributed by atoms with Crippen LogP contribution in [0, 0.1) is 0 Å². The van der Waals surface area contributed by atoms with E-state index in [2.05, 4.69) is 15.0 Å². The lowest BCUT2D eigenvalue weighted by molar-refractivity contribution is -0.111. The first-order valence-electron chi connectivity index (χ1n) is 5.39. The summed E-state index contributed by atoms with van der Waals surface area (Å²) in [6, 6.07) is 5.67. The highest BCUT2D eigenvalue weighted by Gasteiger charge is 2.03. The van der Waals surface area contributed by atoms with Crippen LogP contribution in [0.5, 0.6) is 0 Å². The van der Waals surface area contributed by atoms with E-state index in [0.717, 1.165) is 18.5 Å². The van der Waals surface area contributed by atoms with Gasteiger partial charge in [-0.3, -0.25) is 9.78 Å². The Bertz CT molecular complexity index is 390. The fourth-order valence-electron chi connectivity index (χ4n) is 1.21. The van der Waals surface area contributed by atoms with Crippen molar-refractivity contribution in [2.24, 2.45) is 5.11 Å². The molecular formula is C11H14N4OS. The molecule has 0 bridgehead atoms. The van der Waals surface area contributed by atoms with Crippen LogP contribution in [-0.2, 0) is 10.5 Å². The second-order valence-corrected chi connectivity index (χ2v) is 4.43. The first-order chi connectivity index (χ1) is 8.33. The maximum Gasteiger partial charge on any atom is 0.189 e. The van der Waals surface area contributed by atoms with Gasteiger partial charge in [0.2, 0.25) is 0 Å². The van der Waals surface area contributed by atoms with Crippen LogP contribution in [0.3, 0.4) is 0 Å². The van der Waals surface area contributed by atoms with Crippen LogP contribution in [-0.4, -0.2) is 16.6 Å². The number of azide groups is 1. The topological polar surface area (TPSA) is 78.7 Å². The van der Waals surface area contributed by atoms with Crippen LogP contribution >= 0.6 is 11.8 Å². The van der Waals surface area contributed by atoms with E-state index in [4.69, 9.17) is 5.53 Å². The molecule has 0 radical (unpaired) electrons. The summed E-state index contributed by atoms with van der Waals surface area (Å²) in [5.74, 6) is 0.621. The maximum absolute atomic E-state index is 11.5. The third-order valence-corrected chi connectivity index (χ3v) is 3.03. The smallest absolute Gasteiger partial charge is 0.189 e. The Hall–Kier alpha value is -1.52. The molecule has 0 atom stereocenters. The number of carbonyl (C=O) groups is 1. The van der Waals surface area contributed by atoms with E-state index >= 15 is 0 Å². The molecule has 1 aromatic rings. The van der Waals surface area contributed by atoms with Gasteiger partial charge in [0.1, 0.15) is 0 Å². The normalized spacial score (nSPS) is 9.65. The molecule has 0 fully saturated rings. The molecule has 0 aliphatic carbocycles. The number of carbonyl (C=O) groups excluding carboxylic acids is 1. The predicted molar refractivity (Wildman–Crippen MR) is 68.4 cm³/mol. The molecule has 17 heavy (non-hydrogen) atoms. The number of nitrogens with zero attached hydrogens (tertiary/aromatic N) is 4. The predicted octanol–water partition coefficient (Wildman–Crippen LogP) is 3.32. The van der Waals surface area contributed by atoms with Gasteiger partial charge in [0, 0.05) is 29.8 Å². The number of unbranched alkanes of at least 4 members (excludes halogenated alkanes) is 1. The lowest BCUT2D eigenvalue weighted by Gasteiger charge is -2.00. The average molecular weight is 250 g/mol. The van der Waals surface area contributed by atoms with E-state index in [-0.39, 0.29) is 5.12 Å². The standard InChI is InChI=1S/C11H14N4OS/c12-15-14-8-4-2-6-11(16)17-9-10-5-1-3-7-13-10/h1,3,5,7H,2,4,6,8-9H2. The number of pyridine rings is 1. The first-order valence-corrected chi connectivity index (χ1v) is 6.38. The van der Waals surface area contributed by atoms with Gasteiger partial charge in [-0.25, -0.2) is 0 Å². The fourth-order valence-corrected chi connectivity index (χ4v) is 1.97. The minimum atomic E-state index is 0.164. The van der Waals surface area contributed by atoms with Crippen LogP contribution in [0.2, 0.25) is 0 Å². The van der Waals surface area contributed by atoms with Gasteiger partial charge in [-0.1, -0.05) is 22.9 Å². The molecule has 1 rings (SSSR count). The van der Waals surface area contributed by atoms with Crippen LogP contribution in [0.25, 0.3) is 10.4 Å². The van der Waals surface area contributed by atoms with E-state index < -0.39 is 0 Å². The van der Waals surface area contributed by atoms with E-state index in [9.17, 15) is 4.79 Å². The molecule has 0 unspecified atom stereocenters. The number of rotatable bonds is 7. The molecule has 1 heterocycles. The van der Waals surface area contributed by atoms with Gasteiger partial charge < -0.3 is 0 Å². The number of thioether (sulfide) groups is 1. The van der Waals surface area contributed by atoms with Gasteiger partial charge in [0.05, 0.1) is 5.69 Å². The first kappa shape index (κ1) is 13.5. The zero-order chi connectivity index (χ0) is 12.3. The lowest BCUT2D eigenvalue weighted by Crippen LogP contribution is -1.94. The minimum Gasteiger partial charge on any atom is -0.287 e. The van der Waals surface area contributed by atoms with Crippen molar-refractivity contribution in [3.8, 4) is 0 Å². The molecule has 0 aliphatic heterocycles. The second kappa shape index (κ2) is 8.61. The minimum absolute atomic E-state index is 0.164. The van der Waals surface area contributed by atoms with Gasteiger partial charge in [-0.15, -0.1) is 0 Å². The number of hydrogen-bond donors (Lipinski definition) is 0. The summed E-state index contributed by atoms with van der Waals surface area (Å²) in [5, 5.41) is 3.58. The molecule has 0 amide bonds. The molecule has 6 heteroatoms. The fraction of sp³-hybridized carbons (Fsp3) is 0.455. The van der Waals surface area contributed by atoms with Crippen molar-refractivity contribution in [2.45, 2.75) is 25.0 Å². The molecular weight excluding hydrogens is 236 g/mol.